The summed E-state index contributed by atoms with van der Waals surface area (Å²) in [6.45, 7) is 5.96. The predicted octanol–water partition coefficient (Wildman–Crippen LogP) is 4.12. The van der Waals surface area contributed by atoms with Crippen LogP contribution in [0.25, 0.3) is 0 Å². The van der Waals surface area contributed by atoms with Crippen LogP contribution in [-0.2, 0) is 14.4 Å². The van der Waals surface area contributed by atoms with Crippen molar-refractivity contribution in [1.29, 1.82) is 0 Å². The van der Waals surface area contributed by atoms with Gasteiger partial charge in [-0.05, 0) is 73.5 Å². The third-order valence-electron chi connectivity index (χ3n) is 8.61. The van der Waals surface area contributed by atoms with E-state index in [2.05, 4.69) is 32.1 Å². The molecule has 4 nitrogen and oxygen atoms in total. The van der Waals surface area contributed by atoms with Crippen molar-refractivity contribution in [1.82, 2.24) is 0 Å². The number of rotatable bonds is 3. The van der Waals surface area contributed by atoms with Gasteiger partial charge in [0.15, 0.2) is 5.78 Å². The molecule has 0 spiro atoms. The van der Waals surface area contributed by atoms with Crippen molar-refractivity contribution in [3.05, 3.63) is 36.0 Å². The first kappa shape index (κ1) is 18.4. The molecule has 0 saturated heterocycles. The number of aliphatic carboxylic acids is 1. The van der Waals surface area contributed by atoms with E-state index in [9.17, 15) is 19.5 Å². The molecule has 0 amide bonds. The van der Waals surface area contributed by atoms with Crippen molar-refractivity contribution in [2.45, 2.75) is 52.9 Å². The zero-order valence-corrected chi connectivity index (χ0v) is 16.3. The maximum absolute atomic E-state index is 12.7. The van der Waals surface area contributed by atoms with E-state index in [-0.39, 0.29) is 28.8 Å². The third kappa shape index (κ3) is 2.31. The third-order valence-corrected chi connectivity index (χ3v) is 8.61. The molecule has 2 saturated carbocycles. The highest BCUT2D eigenvalue weighted by molar-refractivity contribution is 6.01. The highest BCUT2D eigenvalue weighted by Gasteiger charge is 2.65. The lowest BCUT2D eigenvalue weighted by molar-refractivity contribution is -0.152. The number of carboxylic acid groups (broad SMARTS) is 1. The molecule has 4 aliphatic carbocycles. The molecule has 0 aromatic carbocycles. The summed E-state index contributed by atoms with van der Waals surface area (Å²) in [7, 11) is 0. The summed E-state index contributed by atoms with van der Waals surface area (Å²) in [5.41, 5.74) is -0.101. The molecule has 0 aliphatic heterocycles. The van der Waals surface area contributed by atoms with Gasteiger partial charge in [0, 0.05) is 10.8 Å². The average molecular weight is 368 g/mol. The van der Waals surface area contributed by atoms with Crippen molar-refractivity contribution in [3.63, 3.8) is 0 Å². The molecule has 2 fully saturated rings. The fourth-order valence-corrected chi connectivity index (χ4v) is 7.04. The SMILES string of the molecule is CC(=O)[C@@]1(CC(=O)O)CC[C@H]2[C@@H]3C=CC4=CC(=O)C=C[C@]4(C)[C@H]3CC[C@@]21C. The van der Waals surface area contributed by atoms with Crippen LogP contribution in [0.4, 0.5) is 0 Å². The second-order valence-electron chi connectivity index (χ2n) is 9.47. The van der Waals surface area contributed by atoms with Crippen LogP contribution >= 0.6 is 0 Å². The van der Waals surface area contributed by atoms with Gasteiger partial charge in [0.05, 0.1) is 6.42 Å². The maximum atomic E-state index is 12.7. The first-order chi connectivity index (χ1) is 12.6. The molecular weight excluding hydrogens is 340 g/mol. The van der Waals surface area contributed by atoms with Crippen molar-refractivity contribution < 1.29 is 19.5 Å². The van der Waals surface area contributed by atoms with E-state index in [1.807, 2.05) is 0 Å². The monoisotopic (exact) mass is 368 g/mol. The highest BCUT2D eigenvalue weighted by Crippen LogP contribution is 2.69. The van der Waals surface area contributed by atoms with Crippen molar-refractivity contribution >= 4 is 17.5 Å². The molecule has 0 heterocycles. The number of hydrogen-bond acceptors (Lipinski definition) is 3. The molecule has 0 radical (unpaired) electrons. The summed E-state index contributed by atoms with van der Waals surface area (Å²) in [5.74, 6) is 0.217. The van der Waals surface area contributed by atoms with Crippen LogP contribution < -0.4 is 0 Å². The molecule has 6 atom stereocenters. The minimum absolute atomic E-state index is 0.0306. The average Bonchev–Trinajstić information content (AvgIpc) is 2.89. The zero-order valence-electron chi connectivity index (χ0n) is 16.3. The Labute approximate surface area is 160 Å². The summed E-state index contributed by atoms with van der Waals surface area (Å²) in [5, 5.41) is 9.53. The summed E-state index contributed by atoms with van der Waals surface area (Å²) < 4.78 is 0. The van der Waals surface area contributed by atoms with E-state index in [0.29, 0.717) is 24.2 Å². The fraction of sp³-hybridized carbons (Fsp3) is 0.609. The second-order valence-corrected chi connectivity index (χ2v) is 9.47. The second kappa shape index (κ2) is 5.76. The molecule has 0 bridgehead atoms. The lowest BCUT2D eigenvalue weighted by atomic mass is 9.46. The van der Waals surface area contributed by atoms with Gasteiger partial charge >= 0.3 is 5.97 Å². The van der Waals surface area contributed by atoms with Crippen molar-refractivity contribution in [2.75, 3.05) is 0 Å². The van der Waals surface area contributed by atoms with Gasteiger partial charge in [-0.15, -0.1) is 0 Å². The van der Waals surface area contributed by atoms with Crippen LogP contribution in [0.2, 0.25) is 0 Å². The molecule has 27 heavy (non-hydrogen) atoms. The maximum Gasteiger partial charge on any atom is 0.304 e. The van der Waals surface area contributed by atoms with Gasteiger partial charge in [-0.3, -0.25) is 14.4 Å². The number of carbonyl (C=O) groups is 3. The Bertz CT molecular complexity index is 818. The van der Waals surface area contributed by atoms with Gasteiger partial charge < -0.3 is 5.11 Å². The number of ketones is 2. The highest BCUT2D eigenvalue weighted by atomic mass is 16.4. The summed E-state index contributed by atoms with van der Waals surface area (Å²) >= 11 is 0. The zero-order chi connectivity index (χ0) is 19.6. The van der Waals surface area contributed by atoms with Crippen LogP contribution in [0.5, 0.6) is 0 Å². The van der Waals surface area contributed by atoms with Crippen LogP contribution in [0.3, 0.4) is 0 Å². The lowest BCUT2D eigenvalue weighted by Crippen LogP contribution is -2.53. The largest absolute Gasteiger partial charge is 0.481 e. The summed E-state index contributed by atoms with van der Waals surface area (Å²) in [4.78, 5) is 36.2. The number of carbonyl (C=O) groups excluding carboxylic acids is 2. The predicted molar refractivity (Wildman–Crippen MR) is 102 cm³/mol. The Hall–Kier alpha value is -1.97. The molecule has 144 valence electrons. The van der Waals surface area contributed by atoms with Crippen molar-refractivity contribution in [2.24, 2.45) is 34.0 Å². The van der Waals surface area contributed by atoms with Gasteiger partial charge in [0.25, 0.3) is 0 Å². The Morgan fingerprint density at radius 1 is 1.15 bits per heavy atom. The quantitative estimate of drug-likeness (QED) is 0.813. The molecule has 4 rings (SSSR count). The van der Waals surface area contributed by atoms with Gasteiger partial charge in [0.1, 0.15) is 5.78 Å². The van der Waals surface area contributed by atoms with Gasteiger partial charge in [-0.2, -0.15) is 0 Å². The van der Waals surface area contributed by atoms with E-state index in [1.165, 1.54) is 0 Å². The molecule has 4 heteroatoms. The number of allylic oxidation sites excluding steroid dienone is 6. The summed E-state index contributed by atoms with van der Waals surface area (Å²) in [6, 6.07) is 0. The molecule has 0 aromatic heterocycles. The number of hydrogen-bond donors (Lipinski definition) is 1. The van der Waals surface area contributed by atoms with Crippen molar-refractivity contribution in [3.8, 4) is 0 Å². The molecule has 1 N–H and O–H groups in total. The van der Waals surface area contributed by atoms with Gasteiger partial charge in [-0.1, -0.05) is 32.1 Å². The first-order valence-corrected chi connectivity index (χ1v) is 10.0. The normalized spacial score (nSPS) is 44.9. The standard InChI is InChI=1S/C23H28O4/c1-14(24)23(13-20(26)27)11-8-19-17-5-4-15-12-16(25)6-9-21(15,2)18(17)7-10-22(19,23)3/h4-6,9,12,17-19H,7-8,10-11,13H2,1-3H3,(H,26,27)/t17-,18+,19+,21+,22+,23+/m1/s1. The van der Waals surface area contributed by atoms with E-state index in [4.69, 9.17) is 0 Å². The number of carboxylic acids is 1. The first-order valence-electron chi connectivity index (χ1n) is 10.0. The Morgan fingerprint density at radius 2 is 1.85 bits per heavy atom. The Balaban J connectivity index is 1.76. The fourth-order valence-electron chi connectivity index (χ4n) is 7.04. The van der Waals surface area contributed by atoms with Crippen LogP contribution in [0, 0.1) is 34.0 Å². The van der Waals surface area contributed by atoms with E-state index < -0.39 is 11.4 Å². The lowest BCUT2D eigenvalue weighted by Gasteiger charge is -2.57. The number of Topliss-reactive ketones (excluding diaryl/α,β-unsaturated/α-hetero) is 1. The minimum Gasteiger partial charge on any atom is -0.481 e. The molecular formula is C23H28O4. The van der Waals surface area contributed by atoms with E-state index in [1.54, 1.807) is 19.1 Å². The van der Waals surface area contributed by atoms with E-state index >= 15 is 0 Å². The van der Waals surface area contributed by atoms with Crippen LogP contribution in [-0.4, -0.2) is 22.6 Å². The Morgan fingerprint density at radius 3 is 2.52 bits per heavy atom. The Kier molecular flexibility index (Phi) is 3.93. The topological polar surface area (TPSA) is 71.4 Å². The van der Waals surface area contributed by atoms with Crippen LogP contribution in [0.15, 0.2) is 36.0 Å². The molecule has 0 aromatic rings. The minimum atomic E-state index is -0.876. The van der Waals surface area contributed by atoms with Gasteiger partial charge in [0.2, 0.25) is 0 Å². The van der Waals surface area contributed by atoms with Gasteiger partial charge in [-0.25, -0.2) is 0 Å². The molecule has 4 aliphatic rings. The van der Waals surface area contributed by atoms with Crippen LogP contribution in [0.1, 0.15) is 52.9 Å². The smallest absolute Gasteiger partial charge is 0.304 e. The molecule has 0 unspecified atom stereocenters. The summed E-state index contributed by atoms with van der Waals surface area (Å²) in [6.07, 6.45) is 13.2. The number of fused-ring (bicyclic) bond motifs is 5. The van der Waals surface area contributed by atoms with E-state index in [0.717, 1.165) is 24.8 Å².